The van der Waals surface area contributed by atoms with Crippen LogP contribution in [0.5, 0.6) is 5.75 Å². The molecule has 98 valence electrons. The number of nitrogens with one attached hydrogen (secondary N) is 1. The highest BCUT2D eigenvalue weighted by Crippen LogP contribution is 2.29. The Labute approximate surface area is 108 Å². The van der Waals surface area contributed by atoms with Crippen molar-refractivity contribution in [3.63, 3.8) is 0 Å². The van der Waals surface area contributed by atoms with Gasteiger partial charge in [0, 0.05) is 17.5 Å². The van der Waals surface area contributed by atoms with Gasteiger partial charge in [-0.25, -0.2) is 0 Å². The van der Waals surface area contributed by atoms with Gasteiger partial charge < -0.3 is 14.5 Å². The van der Waals surface area contributed by atoms with Crippen molar-refractivity contribution < 1.29 is 9.15 Å². The summed E-state index contributed by atoms with van der Waals surface area (Å²) < 4.78 is 11.3. The first-order valence-electron chi connectivity index (χ1n) is 6.69. The highest BCUT2D eigenvalue weighted by molar-refractivity contribution is 5.86. The SMILES string of the molecule is CCCNCc1coc2c(OCCC)cccc12. The summed E-state index contributed by atoms with van der Waals surface area (Å²) in [4.78, 5) is 0. The lowest BCUT2D eigenvalue weighted by atomic mass is 10.1. The maximum absolute atomic E-state index is 5.69. The Morgan fingerprint density at radius 1 is 1.22 bits per heavy atom. The smallest absolute Gasteiger partial charge is 0.176 e. The molecule has 1 heterocycles. The topological polar surface area (TPSA) is 34.4 Å². The van der Waals surface area contributed by atoms with Crippen molar-refractivity contribution in [3.05, 3.63) is 30.0 Å². The van der Waals surface area contributed by atoms with E-state index in [2.05, 4.69) is 25.2 Å². The first kappa shape index (κ1) is 13.0. The highest BCUT2D eigenvalue weighted by atomic mass is 16.5. The molecule has 1 aromatic heterocycles. The molecule has 1 N–H and O–H groups in total. The number of furan rings is 1. The summed E-state index contributed by atoms with van der Waals surface area (Å²) in [6, 6.07) is 6.07. The van der Waals surface area contributed by atoms with Crippen molar-refractivity contribution in [2.75, 3.05) is 13.2 Å². The summed E-state index contributed by atoms with van der Waals surface area (Å²) >= 11 is 0. The molecule has 0 fully saturated rings. The zero-order valence-electron chi connectivity index (χ0n) is 11.2. The van der Waals surface area contributed by atoms with Gasteiger partial charge in [0.05, 0.1) is 12.9 Å². The van der Waals surface area contributed by atoms with Crippen LogP contribution >= 0.6 is 0 Å². The van der Waals surface area contributed by atoms with Gasteiger partial charge in [0.1, 0.15) is 0 Å². The summed E-state index contributed by atoms with van der Waals surface area (Å²) in [7, 11) is 0. The molecule has 0 aliphatic carbocycles. The first-order valence-corrected chi connectivity index (χ1v) is 6.69. The van der Waals surface area contributed by atoms with Gasteiger partial charge in [-0.2, -0.15) is 0 Å². The van der Waals surface area contributed by atoms with E-state index in [1.807, 2.05) is 18.4 Å². The number of hydrogen-bond donors (Lipinski definition) is 1. The van der Waals surface area contributed by atoms with Crippen molar-refractivity contribution in [2.45, 2.75) is 33.2 Å². The van der Waals surface area contributed by atoms with Crippen molar-refractivity contribution >= 4 is 11.0 Å². The van der Waals surface area contributed by atoms with Crippen LogP contribution in [0.3, 0.4) is 0 Å². The Morgan fingerprint density at radius 2 is 2.11 bits per heavy atom. The van der Waals surface area contributed by atoms with E-state index in [1.54, 1.807) is 0 Å². The van der Waals surface area contributed by atoms with E-state index in [-0.39, 0.29) is 0 Å². The molecule has 3 nitrogen and oxygen atoms in total. The van der Waals surface area contributed by atoms with E-state index >= 15 is 0 Å². The van der Waals surface area contributed by atoms with Crippen LogP contribution in [0, 0.1) is 0 Å². The van der Waals surface area contributed by atoms with Crippen LogP contribution in [0.4, 0.5) is 0 Å². The molecule has 0 amide bonds. The molecule has 0 bridgehead atoms. The normalized spacial score (nSPS) is 11.0. The van der Waals surface area contributed by atoms with Gasteiger partial charge in [0.25, 0.3) is 0 Å². The quantitative estimate of drug-likeness (QED) is 0.757. The molecular formula is C15H21NO2. The molecule has 0 aliphatic heterocycles. The Balaban J connectivity index is 2.19. The summed E-state index contributed by atoms with van der Waals surface area (Å²) in [5, 5.41) is 4.54. The van der Waals surface area contributed by atoms with Gasteiger partial charge in [0.2, 0.25) is 0 Å². The minimum Gasteiger partial charge on any atom is -0.490 e. The van der Waals surface area contributed by atoms with Gasteiger partial charge >= 0.3 is 0 Å². The molecule has 0 spiro atoms. The zero-order valence-corrected chi connectivity index (χ0v) is 11.2. The minimum atomic E-state index is 0.725. The van der Waals surface area contributed by atoms with E-state index in [1.165, 1.54) is 5.56 Å². The fourth-order valence-electron chi connectivity index (χ4n) is 1.95. The van der Waals surface area contributed by atoms with Crippen molar-refractivity contribution in [1.29, 1.82) is 0 Å². The van der Waals surface area contributed by atoms with Gasteiger partial charge in [-0.3, -0.25) is 0 Å². The highest BCUT2D eigenvalue weighted by Gasteiger charge is 2.09. The van der Waals surface area contributed by atoms with Crippen molar-refractivity contribution in [3.8, 4) is 5.75 Å². The average Bonchev–Trinajstić information content (AvgIpc) is 2.81. The molecule has 3 heteroatoms. The second kappa shape index (κ2) is 6.45. The van der Waals surface area contributed by atoms with E-state index < -0.39 is 0 Å². The lowest BCUT2D eigenvalue weighted by molar-refractivity contribution is 0.316. The van der Waals surface area contributed by atoms with Crippen LogP contribution in [0.25, 0.3) is 11.0 Å². The van der Waals surface area contributed by atoms with Crippen LogP contribution in [-0.4, -0.2) is 13.2 Å². The second-order valence-corrected chi connectivity index (χ2v) is 4.42. The Bertz CT molecular complexity index is 490. The number of rotatable bonds is 7. The zero-order chi connectivity index (χ0) is 12.8. The molecule has 2 rings (SSSR count). The van der Waals surface area contributed by atoms with Gasteiger partial charge in [-0.1, -0.05) is 26.0 Å². The van der Waals surface area contributed by atoms with Gasteiger partial charge in [-0.15, -0.1) is 0 Å². The molecule has 0 radical (unpaired) electrons. The maximum Gasteiger partial charge on any atom is 0.176 e. The van der Waals surface area contributed by atoms with Crippen LogP contribution < -0.4 is 10.1 Å². The molecule has 2 aromatic rings. The fraction of sp³-hybridized carbons (Fsp3) is 0.467. The molecule has 0 unspecified atom stereocenters. The summed E-state index contributed by atoms with van der Waals surface area (Å²) in [5.74, 6) is 0.844. The summed E-state index contributed by atoms with van der Waals surface area (Å²) in [6.07, 6.45) is 3.97. The standard InChI is InChI=1S/C15H21NO2/c1-3-8-16-10-12-11-18-15-13(12)6-5-7-14(15)17-9-4-2/h5-7,11,16H,3-4,8-10H2,1-2H3. The van der Waals surface area contributed by atoms with Gasteiger partial charge in [0.15, 0.2) is 11.3 Å². The predicted molar refractivity (Wildman–Crippen MR) is 74.0 cm³/mol. The van der Waals surface area contributed by atoms with Crippen LogP contribution in [0.15, 0.2) is 28.9 Å². The number of hydrogen-bond acceptors (Lipinski definition) is 3. The molecule has 1 aromatic carbocycles. The lowest BCUT2D eigenvalue weighted by Gasteiger charge is -2.05. The van der Waals surface area contributed by atoms with Crippen molar-refractivity contribution in [2.24, 2.45) is 0 Å². The van der Waals surface area contributed by atoms with E-state index in [4.69, 9.17) is 9.15 Å². The Hall–Kier alpha value is -1.48. The molecular weight excluding hydrogens is 226 g/mol. The lowest BCUT2D eigenvalue weighted by Crippen LogP contribution is -2.13. The average molecular weight is 247 g/mol. The van der Waals surface area contributed by atoms with Crippen LogP contribution in [0.1, 0.15) is 32.3 Å². The molecule has 0 atom stereocenters. The molecule has 18 heavy (non-hydrogen) atoms. The predicted octanol–water partition coefficient (Wildman–Crippen LogP) is 3.72. The number of para-hydroxylation sites is 1. The monoisotopic (exact) mass is 247 g/mol. The Kier molecular flexibility index (Phi) is 4.65. The summed E-state index contributed by atoms with van der Waals surface area (Å²) in [6.45, 7) is 6.86. The molecule has 0 aliphatic rings. The van der Waals surface area contributed by atoms with Gasteiger partial charge in [-0.05, 0) is 25.5 Å². The number of fused-ring (bicyclic) bond motifs is 1. The number of ether oxygens (including phenoxy) is 1. The van der Waals surface area contributed by atoms with Crippen LogP contribution in [-0.2, 0) is 6.54 Å². The second-order valence-electron chi connectivity index (χ2n) is 4.42. The van der Waals surface area contributed by atoms with E-state index in [9.17, 15) is 0 Å². The molecule has 0 saturated heterocycles. The third-order valence-electron chi connectivity index (χ3n) is 2.85. The number of benzene rings is 1. The first-order chi connectivity index (χ1) is 8.86. The third-order valence-corrected chi connectivity index (χ3v) is 2.85. The fourth-order valence-corrected chi connectivity index (χ4v) is 1.95. The maximum atomic E-state index is 5.69. The van der Waals surface area contributed by atoms with Crippen molar-refractivity contribution in [1.82, 2.24) is 5.32 Å². The summed E-state index contributed by atoms with van der Waals surface area (Å²) in [5.41, 5.74) is 2.06. The van der Waals surface area contributed by atoms with E-state index in [0.717, 1.165) is 49.3 Å². The Morgan fingerprint density at radius 3 is 2.89 bits per heavy atom. The van der Waals surface area contributed by atoms with Crippen LogP contribution in [0.2, 0.25) is 0 Å². The molecule has 0 saturated carbocycles. The van der Waals surface area contributed by atoms with E-state index in [0.29, 0.717) is 0 Å². The minimum absolute atomic E-state index is 0.725. The third kappa shape index (κ3) is 2.85. The largest absolute Gasteiger partial charge is 0.490 e.